The van der Waals surface area contributed by atoms with Crippen molar-refractivity contribution in [2.24, 2.45) is 17.8 Å². The second-order valence-corrected chi connectivity index (χ2v) is 9.91. The molecule has 6 aliphatic rings. The molecule has 5 saturated heterocycles. The molecule has 7 nitrogen and oxygen atoms in total. The van der Waals surface area contributed by atoms with E-state index in [0.29, 0.717) is 17.4 Å². The third kappa shape index (κ3) is 1.92. The maximum Gasteiger partial charge on any atom is 0.338 e. The van der Waals surface area contributed by atoms with Crippen LogP contribution in [0.25, 0.3) is 0 Å². The van der Waals surface area contributed by atoms with Crippen molar-refractivity contribution in [1.29, 1.82) is 0 Å². The minimum Gasteiger partial charge on any atom is -0.496 e. The first-order valence-electron chi connectivity index (χ1n) is 11.1. The maximum absolute atomic E-state index is 12.2. The highest BCUT2D eigenvalue weighted by Gasteiger charge is 2.84. The molecular weight excluding hydrogens is 374 g/mol. The number of aliphatic hydroxyl groups is 1. The number of piperidine rings is 1. The third-order valence-electron chi connectivity index (χ3n) is 9.03. The van der Waals surface area contributed by atoms with E-state index in [1.54, 1.807) is 14.0 Å². The Kier molecular flexibility index (Phi) is 3.69. The van der Waals surface area contributed by atoms with Gasteiger partial charge in [-0.1, -0.05) is 13.8 Å². The van der Waals surface area contributed by atoms with Gasteiger partial charge in [0.05, 0.1) is 30.4 Å². The number of aliphatic hydroxyl groups excluding tert-OH is 1. The van der Waals surface area contributed by atoms with Crippen LogP contribution in [0.15, 0.2) is 11.3 Å². The predicted molar refractivity (Wildman–Crippen MR) is 102 cm³/mol. The monoisotopic (exact) mass is 405 g/mol. The van der Waals surface area contributed by atoms with E-state index >= 15 is 0 Å². The van der Waals surface area contributed by atoms with Gasteiger partial charge in [-0.05, 0) is 45.1 Å². The molecule has 5 bridgehead atoms. The number of hydrogen-bond donors (Lipinski definition) is 1. The summed E-state index contributed by atoms with van der Waals surface area (Å²) in [5.41, 5.74) is 0.427. The van der Waals surface area contributed by atoms with E-state index < -0.39 is 11.9 Å². The number of rotatable bonds is 5. The van der Waals surface area contributed by atoms with E-state index in [9.17, 15) is 9.90 Å². The standard InChI is InChI=1S/C22H31NO6/c1-5-12(24)9-21-14-6-7-23(21)13-8-15(21)28-22(14)16(13)10(2)18(29-22)19-17(26-4)11(3)20(25)27-19/h10,12-16,18-19,24H,5-9H2,1-4H3/t10-,12-,13+,14-,15?,16+,18-,19-,21-,22+/m0/s1. The molecule has 1 N–H and O–H groups in total. The zero-order valence-electron chi connectivity index (χ0n) is 17.6. The topological polar surface area (TPSA) is 77.5 Å². The van der Waals surface area contributed by atoms with Crippen LogP contribution in [0.5, 0.6) is 0 Å². The number of hydrogen-bond acceptors (Lipinski definition) is 7. The van der Waals surface area contributed by atoms with Crippen molar-refractivity contribution in [3.05, 3.63) is 11.3 Å². The average molecular weight is 405 g/mol. The van der Waals surface area contributed by atoms with E-state index in [-0.39, 0.29) is 47.6 Å². The molecule has 0 radical (unpaired) electrons. The summed E-state index contributed by atoms with van der Waals surface area (Å²) >= 11 is 0. The van der Waals surface area contributed by atoms with Crippen LogP contribution in [0, 0.1) is 17.8 Å². The lowest BCUT2D eigenvalue weighted by Crippen LogP contribution is -2.61. The fraction of sp³-hybridized carbons (Fsp3) is 0.864. The normalized spacial score (nSPS) is 55.0. The molecule has 5 fully saturated rings. The van der Waals surface area contributed by atoms with Crippen molar-refractivity contribution in [2.75, 3.05) is 13.7 Å². The minimum atomic E-state index is -0.625. The highest BCUT2D eigenvalue weighted by molar-refractivity contribution is 5.91. The van der Waals surface area contributed by atoms with Crippen molar-refractivity contribution >= 4 is 5.97 Å². The van der Waals surface area contributed by atoms with Gasteiger partial charge in [0.15, 0.2) is 11.9 Å². The number of fused-ring (bicyclic) bond motifs is 1. The lowest BCUT2D eigenvalue weighted by Gasteiger charge is -2.49. The molecule has 0 aromatic carbocycles. The Labute approximate surface area is 171 Å². The van der Waals surface area contributed by atoms with Crippen molar-refractivity contribution in [3.63, 3.8) is 0 Å². The van der Waals surface area contributed by atoms with Gasteiger partial charge >= 0.3 is 5.97 Å². The Hall–Kier alpha value is -1.15. The molecule has 0 aliphatic carbocycles. The van der Waals surface area contributed by atoms with Gasteiger partial charge in [0.2, 0.25) is 0 Å². The van der Waals surface area contributed by atoms with Crippen molar-refractivity contribution in [3.8, 4) is 0 Å². The van der Waals surface area contributed by atoms with Crippen LogP contribution in [-0.4, -0.2) is 71.4 Å². The molecule has 1 spiro atoms. The molecule has 0 aromatic heterocycles. The second-order valence-electron chi connectivity index (χ2n) is 9.91. The molecule has 160 valence electrons. The lowest BCUT2D eigenvalue weighted by atomic mass is 9.69. The van der Waals surface area contributed by atoms with Gasteiger partial charge in [0, 0.05) is 17.9 Å². The summed E-state index contributed by atoms with van der Waals surface area (Å²) in [6.45, 7) is 7.06. The highest BCUT2D eigenvalue weighted by atomic mass is 16.7. The Morgan fingerprint density at radius 1 is 1.38 bits per heavy atom. The van der Waals surface area contributed by atoms with E-state index in [1.165, 1.54) is 0 Å². The SMILES string of the molecule is CC[C@H](O)C[C@@]12C3C[C@@H]4[C@H]5[C@H](C)[C@@H]([C@H]6OC(=O)C(C)=C6OC)O[C@]5(O3)[C@H]1CCN42. The first kappa shape index (κ1) is 18.6. The van der Waals surface area contributed by atoms with Crippen LogP contribution in [-0.2, 0) is 23.7 Å². The highest BCUT2D eigenvalue weighted by Crippen LogP contribution is 2.72. The zero-order chi connectivity index (χ0) is 20.3. The number of methoxy groups -OCH3 is 1. The fourth-order valence-electron chi connectivity index (χ4n) is 8.02. The molecule has 29 heavy (non-hydrogen) atoms. The Morgan fingerprint density at radius 2 is 2.17 bits per heavy atom. The molecule has 0 aromatic rings. The third-order valence-corrected chi connectivity index (χ3v) is 9.03. The van der Waals surface area contributed by atoms with Gasteiger partial charge in [-0.2, -0.15) is 0 Å². The first-order valence-corrected chi connectivity index (χ1v) is 11.1. The molecule has 6 rings (SSSR count). The maximum atomic E-state index is 12.2. The quantitative estimate of drug-likeness (QED) is 0.696. The van der Waals surface area contributed by atoms with Crippen LogP contribution in [0.2, 0.25) is 0 Å². The Balaban J connectivity index is 1.39. The van der Waals surface area contributed by atoms with Gasteiger partial charge in [-0.3, -0.25) is 4.90 Å². The van der Waals surface area contributed by atoms with Crippen LogP contribution in [0.3, 0.4) is 0 Å². The molecule has 0 saturated carbocycles. The Morgan fingerprint density at radius 3 is 2.90 bits per heavy atom. The van der Waals surface area contributed by atoms with E-state index in [2.05, 4.69) is 11.8 Å². The first-order chi connectivity index (χ1) is 13.9. The summed E-state index contributed by atoms with van der Waals surface area (Å²) in [5.74, 6) is 0.335. The summed E-state index contributed by atoms with van der Waals surface area (Å²) in [6.07, 6.45) is 2.59. The van der Waals surface area contributed by atoms with E-state index in [4.69, 9.17) is 18.9 Å². The molecule has 0 amide bonds. The van der Waals surface area contributed by atoms with Crippen LogP contribution in [0.1, 0.15) is 46.5 Å². The predicted octanol–water partition coefficient (Wildman–Crippen LogP) is 1.59. The fourth-order valence-corrected chi connectivity index (χ4v) is 8.02. The number of carbonyl (C=O) groups is 1. The van der Waals surface area contributed by atoms with Crippen LogP contribution >= 0.6 is 0 Å². The number of nitrogens with zero attached hydrogens (tertiary/aromatic N) is 1. The van der Waals surface area contributed by atoms with Gasteiger partial charge in [-0.15, -0.1) is 0 Å². The minimum absolute atomic E-state index is 0.104. The van der Waals surface area contributed by atoms with E-state index in [1.807, 2.05) is 6.92 Å². The second kappa shape index (κ2) is 5.75. The number of ether oxygens (including phenoxy) is 4. The smallest absolute Gasteiger partial charge is 0.338 e. The van der Waals surface area contributed by atoms with Gasteiger partial charge in [0.25, 0.3) is 0 Å². The summed E-state index contributed by atoms with van der Waals surface area (Å²) in [5, 5.41) is 10.6. The van der Waals surface area contributed by atoms with Crippen LogP contribution < -0.4 is 0 Å². The Bertz CT molecular complexity index is 798. The molecule has 2 unspecified atom stereocenters. The molecule has 11 atom stereocenters. The molecule has 6 aliphatic heterocycles. The molecule has 7 heteroatoms. The van der Waals surface area contributed by atoms with Gasteiger partial charge in [0.1, 0.15) is 11.9 Å². The van der Waals surface area contributed by atoms with Gasteiger partial charge in [-0.25, -0.2) is 4.79 Å². The van der Waals surface area contributed by atoms with Gasteiger partial charge < -0.3 is 24.1 Å². The summed E-state index contributed by atoms with van der Waals surface area (Å²) in [6, 6.07) is 0.407. The van der Waals surface area contributed by atoms with Crippen LogP contribution in [0.4, 0.5) is 0 Å². The summed E-state index contributed by atoms with van der Waals surface area (Å²) in [4.78, 5) is 14.9. The number of cyclic esters (lactones) is 1. The number of esters is 1. The molecular formula is C22H31NO6. The summed E-state index contributed by atoms with van der Waals surface area (Å²) in [7, 11) is 1.59. The van der Waals surface area contributed by atoms with E-state index in [0.717, 1.165) is 32.2 Å². The largest absolute Gasteiger partial charge is 0.496 e. The van der Waals surface area contributed by atoms with Crippen molar-refractivity contribution in [1.82, 2.24) is 4.90 Å². The zero-order valence-corrected chi connectivity index (χ0v) is 17.6. The van der Waals surface area contributed by atoms with Crippen molar-refractivity contribution < 1.29 is 28.8 Å². The summed E-state index contributed by atoms with van der Waals surface area (Å²) < 4.78 is 24.8. The van der Waals surface area contributed by atoms with Crippen molar-refractivity contribution in [2.45, 2.75) is 88.2 Å². The lowest BCUT2D eigenvalue weighted by molar-refractivity contribution is -0.280. The molecule has 6 heterocycles. The average Bonchev–Trinajstić information content (AvgIpc) is 3.40. The number of carbonyl (C=O) groups excluding carboxylic acids is 1.